The zero-order valence-electron chi connectivity index (χ0n) is 25.2. The molecule has 0 bridgehead atoms. The third-order valence-electron chi connectivity index (χ3n) is 7.25. The van der Waals surface area contributed by atoms with Crippen molar-refractivity contribution < 1.29 is 19.0 Å². The first-order chi connectivity index (χ1) is 21.2. The van der Waals surface area contributed by atoms with E-state index >= 15 is 0 Å². The molecule has 0 N–H and O–H groups in total. The summed E-state index contributed by atoms with van der Waals surface area (Å²) in [4.78, 5) is 34.3. The number of nitriles is 1. The Morgan fingerprint density at radius 2 is 1.86 bits per heavy atom. The van der Waals surface area contributed by atoms with Gasteiger partial charge in [-0.3, -0.25) is 9.36 Å². The number of ether oxygens (including phenoxy) is 3. The highest BCUT2D eigenvalue weighted by Crippen LogP contribution is 2.32. The number of allylic oxidation sites excluding steroid dienone is 1. The van der Waals surface area contributed by atoms with E-state index in [1.165, 1.54) is 11.3 Å². The smallest absolute Gasteiger partial charge is 0.338 e. The van der Waals surface area contributed by atoms with Crippen LogP contribution < -0.4 is 29.3 Å². The quantitative estimate of drug-likeness (QED) is 0.261. The molecule has 0 saturated heterocycles. The van der Waals surface area contributed by atoms with Crippen LogP contribution >= 0.6 is 11.3 Å². The number of hydrogen-bond acceptors (Lipinski definition) is 9. The van der Waals surface area contributed by atoms with Gasteiger partial charge in [-0.2, -0.15) is 5.26 Å². The Hall–Kier alpha value is -5.14. The summed E-state index contributed by atoms with van der Waals surface area (Å²) in [6.07, 6.45) is 1.77. The number of esters is 1. The van der Waals surface area contributed by atoms with Gasteiger partial charge >= 0.3 is 5.97 Å². The zero-order valence-corrected chi connectivity index (χ0v) is 26.0. The number of aromatic nitrogens is 1. The van der Waals surface area contributed by atoms with E-state index in [-0.39, 0.29) is 18.8 Å². The normalized spacial score (nSPS) is 14.4. The van der Waals surface area contributed by atoms with E-state index in [1.807, 2.05) is 67.5 Å². The summed E-state index contributed by atoms with van der Waals surface area (Å²) in [5.41, 5.74) is 4.40. The fraction of sp³-hybridized carbons (Fsp3) is 0.235. The van der Waals surface area contributed by atoms with Crippen LogP contribution in [0, 0.1) is 11.3 Å². The highest BCUT2D eigenvalue weighted by atomic mass is 32.1. The molecule has 1 aromatic heterocycles. The van der Waals surface area contributed by atoms with Gasteiger partial charge in [-0.15, -0.1) is 0 Å². The Morgan fingerprint density at radius 3 is 2.55 bits per heavy atom. The Bertz CT molecular complexity index is 1970. The SMILES string of the molecule is CCOC(=O)C1=C(C)N=c2s/c(=C/c3ccc(OCc4ccccc4C#N)c(OC)c3)c(=O)n2[C@H]1c1ccc(N(C)C)cc1. The van der Waals surface area contributed by atoms with Crippen molar-refractivity contribution in [2.75, 3.05) is 32.7 Å². The van der Waals surface area contributed by atoms with Crippen LogP contribution in [0.2, 0.25) is 0 Å². The number of methoxy groups -OCH3 is 1. The van der Waals surface area contributed by atoms with Crippen molar-refractivity contribution in [3.8, 4) is 17.6 Å². The molecular weight excluding hydrogens is 576 g/mol. The van der Waals surface area contributed by atoms with Crippen LogP contribution in [0.3, 0.4) is 0 Å². The minimum absolute atomic E-state index is 0.204. The molecule has 2 heterocycles. The third-order valence-corrected chi connectivity index (χ3v) is 8.23. The molecule has 1 aliphatic heterocycles. The Balaban J connectivity index is 1.54. The zero-order chi connectivity index (χ0) is 31.4. The Labute approximate surface area is 259 Å². The van der Waals surface area contributed by atoms with Crippen molar-refractivity contribution in [1.82, 2.24) is 4.57 Å². The third kappa shape index (κ3) is 6.00. The fourth-order valence-corrected chi connectivity index (χ4v) is 6.06. The highest BCUT2D eigenvalue weighted by molar-refractivity contribution is 7.07. The van der Waals surface area contributed by atoms with E-state index in [0.29, 0.717) is 37.7 Å². The monoisotopic (exact) mass is 608 g/mol. The Kier molecular flexibility index (Phi) is 8.97. The predicted octanol–water partition coefficient (Wildman–Crippen LogP) is 4.32. The van der Waals surface area contributed by atoms with Crippen LogP contribution in [-0.4, -0.2) is 38.3 Å². The largest absolute Gasteiger partial charge is 0.493 e. The van der Waals surface area contributed by atoms with Crippen molar-refractivity contribution in [2.24, 2.45) is 4.99 Å². The summed E-state index contributed by atoms with van der Waals surface area (Å²) in [7, 11) is 5.45. The minimum Gasteiger partial charge on any atom is -0.493 e. The van der Waals surface area contributed by atoms with Gasteiger partial charge in [0.2, 0.25) is 0 Å². The van der Waals surface area contributed by atoms with Gasteiger partial charge in [-0.05, 0) is 61.4 Å². The summed E-state index contributed by atoms with van der Waals surface area (Å²) >= 11 is 1.25. The number of fused-ring (bicyclic) bond motifs is 1. The molecule has 3 aromatic carbocycles. The molecule has 44 heavy (non-hydrogen) atoms. The van der Waals surface area contributed by atoms with Gasteiger partial charge in [0.15, 0.2) is 16.3 Å². The number of carbonyl (C=O) groups excluding carboxylic acids is 1. The first kappa shape index (κ1) is 30.3. The number of anilines is 1. The number of nitrogens with zero attached hydrogens (tertiary/aromatic N) is 4. The van der Waals surface area contributed by atoms with E-state index in [9.17, 15) is 14.9 Å². The molecule has 0 amide bonds. The minimum atomic E-state index is -0.690. The summed E-state index contributed by atoms with van der Waals surface area (Å²) in [5.74, 6) is 0.498. The number of benzene rings is 3. The average Bonchev–Trinajstić information content (AvgIpc) is 3.33. The van der Waals surface area contributed by atoms with Crippen LogP contribution in [0.1, 0.15) is 42.1 Å². The second kappa shape index (κ2) is 13.0. The number of rotatable bonds is 9. The second-order valence-electron chi connectivity index (χ2n) is 10.3. The molecule has 10 heteroatoms. The molecule has 224 valence electrons. The second-order valence-corrected chi connectivity index (χ2v) is 11.3. The molecule has 9 nitrogen and oxygen atoms in total. The van der Waals surface area contributed by atoms with Gasteiger partial charge in [0.1, 0.15) is 6.61 Å². The van der Waals surface area contributed by atoms with Gasteiger partial charge < -0.3 is 19.1 Å². The van der Waals surface area contributed by atoms with Crippen LogP contribution in [0.4, 0.5) is 5.69 Å². The van der Waals surface area contributed by atoms with E-state index in [0.717, 1.165) is 22.4 Å². The molecule has 4 aromatic rings. The summed E-state index contributed by atoms with van der Waals surface area (Å²) in [5, 5.41) is 9.37. The molecule has 0 spiro atoms. The summed E-state index contributed by atoms with van der Waals surface area (Å²) in [6, 6.07) is 21.9. The van der Waals surface area contributed by atoms with Crippen LogP contribution in [-0.2, 0) is 16.1 Å². The topological polar surface area (TPSA) is 106 Å². The molecule has 0 fully saturated rings. The number of thiazole rings is 1. The van der Waals surface area contributed by atoms with Crippen LogP contribution in [0.15, 0.2) is 87.8 Å². The van der Waals surface area contributed by atoms with Crippen molar-refractivity contribution in [3.05, 3.63) is 120 Å². The molecule has 0 radical (unpaired) electrons. The van der Waals surface area contributed by atoms with Gasteiger partial charge in [0.05, 0.1) is 47.2 Å². The van der Waals surface area contributed by atoms with Crippen molar-refractivity contribution in [1.29, 1.82) is 5.26 Å². The average molecular weight is 609 g/mol. The lowest BCUT2D eigenvalue weighted by atomic mass is 9.95. The maximum Gasteiger partial charge on any atom is 0.338 e. The fourth-order valence-electron chi connectivity index (χ4n) is 5.02. The lowest BCUT2D eigenvalue weighted by Crippen LogP contribution is -2.39. The Morgan fingerprint density at radius 1 is 1.11 bits per heavy atom. The molecule has 1 atom stereocenters. The molecule has 0 saturated carbocycles. The number of carbonyl (C=O) groups is 1. The van der Waals surface area contributed by atoms with Gasteiger partial charge in [-0.1, -0.05) is 47.7 Å². The van der Waals surface area contributed by atoms with Crippen LogP contribution in [0.5, 0.6) is 11.5 Å². The first-order valence-electron chi connectivity index (χ1n) is 14.0. The lowest BCUT2D eigenvalue weighted by molar-refractivity contribution is -0.139. The maximum absolute atomic E-state index is 14.0. The highest BCUT2D eigenvalue weighted by Gasteiger charge is 2.33. The van der Waals surface area contributed by atoms with E-state index in [2.05, 4.69) is 11.1 Å². The molecular formula is C34H32N4O5S. The molecule has 0 unspecified atom stereocenters. The standard InChI is InChI=1S/C34H32N4O5S/c1-6-42-33(40)30-21(2)36-34-38(31(30)23-12-14-26(15-13-23)37(3)4)32(39)29(44-34)18-22-11-16-27(28(17-22)41-5)43-20-25-10-8-7-9-24(25)19-35/h7-18,31H,6,20H2,1-5H3/b29-18+/t31-/m0/s1. The van der Waals surface area contributed by atoms with Gasteiger partial charge in [-0.25, -0.2) is 9.79 Å². The van der Waals surface area contributed by atoms with Crippen molar-refractivity contribution >= 4 is 29.1 Å². The predicted molar refractivity (Wildman–Crippen MR) is 170 cm³/mol. The number of hydrogen-bond donors (Lipinski definition) is 0. The first-order valence-corrected chi connectivity index (χ1v) is 14.8. The van der Waals surface area contributed by atoms with Crippen LogP contribution in [0.25, 0.3) is 6.08 Å². The summed E-state index contributed by atoms with van der Waals surface area (Å²) < 4.78 is 19.0. The summed E-state index contributed by atoms with van der Waals surface area (Å²) in [6.45, 7) is 3.93. The molecule has 5 rings (SSSR count). The van der Waals surface area contributed by atoms with Crippen molar-refractivity contribution in [3.63, 3.8) is 0 Å². The lowest BCUT2D eigenvalue weighted by Gasteiger charge is -2.25. The van der Waals surface area contributed by atoms with E-state index in [1.54, 1.807) is 49.8 Å². The van der Waals surface area contributed by atoms with Gasteiger partial charge in [0.25, 0.3) is 5.56 Å². The van der Waals surface area contributed by atoms with Crippen molar-refractivity contribution in [2.45, 2.75) is 26.5 Å². The maximum atomic E-state index is 14.0. The van der Waals surface area contributed by atoms with E-state index < -0.39 is 12.0 Å². The van der Waals surface area contributed by atoms with E-state index in [4.69, 9.17) is 14.2 Å². The molecule has 1 aliphatic rings. The van der Waals surface area contributed by atoms with Gasteiger partial charge in [0, 0.05) is 25.3 Å². The molecule has 0 aliphatic carbocycles.